The maximum absolute atomic E-state index is 13.6. The van der Waals surface area contributed by atoms with E-state index in [1.165, 1.54) is 11.4 Å². The second-order valence-electron chi connectivity index (χ2n) is 10.1. The molecule has 3 atom stereocenters. The number of aliphatic hydroxyl groups is 1. The van der Waals surface area contributed by atoms with Crippen molar-refractivity contribution >= 4 is 21.6 Å². The Labute approximate surface area is 226 Å². The molecule has 1 amide bonds. The van der Waals surface area contributed by atoms with E-state index in [1.807, 2.05) is 48.0 Å². The van der Waals surface area contributed by atoms with Crippen LogP contribution >= 0.6 is 0 Å². The number of benzene rings is 1. The predicted octanol–water partition coefficient (Wildman–Crippen LogP) is 2.47. The van der Waals surface area contributed by atoms with Gasteiger partial charge in [-0.2, -0.15) is 13.2 Å². The van der Waals surface area contributed by atoms with Gasteiger partial charge in [-0.3, -0.25) is 9.10 Å². The van der Waals surface area contributed by atoms with Gasteiger partial charge in [-0.05, 0) is 37.0 Å². The van der Waals surface area contributed by atoms with E-state index in [-0.39, 0.29) is 31.2 Å². The molecule has 0 fully saturated rings. The van der Waals surface area contributed by atoms with Gasteiger partial charge in [0.25, 0.3) is 0 Å². The highest BCUT2D eigenvalue weighted by Crippen LogP contribution is 2.39. The van der Waals surface area contributed by atoms with Crippen molar-refractivity contribution in [3.05, 3.63) is 65.0 Å². The summed E-state index contributed by atoms with van der Waals surface area (Å²) in [5, 5.41) is 16.4. The Morgan fingerprint density at radius 2 is 1.95 bits per heavy atom. The lowest BCUT2D eigenvalue weighted by Crippen LogP contribution is -2.50. The first kappa shape index (κ1) is 29.2. The van der Waals surface area contributed by atoms with Crippen LogP contribution in [0.3, 0.4) is 0 Å². The van der Waals surface area contributed by atoms with Gasteiger partial charge in [0.15, 0.2) is 0 Å². The van der Waals surface area contributed by atoms with Crippen molar-refractivity contribution in [3.63, 3.8) is 0 Å². The van der Waals surface area contributed by atoms with Crippen LogP contribution in [0.25, 0.3) is 5.70 Å². The maximum Gasteiger partial charge on any atom is 0.390 e. The zero-order chi connectivity index (χ0) is 28.4. The van der Waals surface area contributed by atoms with Crippen molar-refractivity contribution in [1.29, 1.82) is 0 Å². The predicted molar refractivity (Wildman–Crippen MR) is 142 cm³/mol. The fourth-order valence-electron chi connectivity index (χ4n) is 5.22. The van der Waals surface area contributed by atoms with Crippen LogP contribution in [-0.2, 0) is 40.6 Å². The molecule has 1 aliphatic heterocycles. The largest absolute Gasteiger partial charge is 0.390 e. The quantitative estimate of drug-likeness (QED) is 0.382. The average molecular weight is 569 g/mol. The number of aliphatic hydroxyl groups excluding tert-OH is 1. The lowest BCUT2D eigenvalue weighted by atomic mass is 9.88. The topological polar surface area (TPSA) is 104 Å². The summed E-state index contributed by atoms with van der Waals surface area (Å²) in [7, 11) is -2.05. The molecule has 0 radical (unpaired) electrons. The number of carbonyl (C=O) groups is 1. The van der Waals surface area contributed by atoms with Crippen LogP contribution in [0.5, 0.6) is 0 Å². The standard InChI is InChI=1S/C27H35F3N4O4S/c1-3-34-17-19-9-12-39(37,38)33(2)22-14-20(15-23(34)25(19)22)26(36)32-21(13-18-7-5-4-6-8-18)24(35)16-31-11-10-27(28,29)30/h4-8,14,17,20-21,24,31,35H,3,9-13,15-16H2,1-2H3,(H,32,36)/t20?,21-,24+/m0/s1. The van der Waals surface area contributed by atoms with Crippen molar-refractivity contribution in [2.45, 2.75) is 57.5 Å². The van der Waals surface area contributed by atoms with Crippen molar-refractivity contribution in [2.24, 2.45) is 5.92 Å². The molecule has 0 saturated carbocycles. The third-order valence-electron chi connectivity index (χ3n) is 7.39. The average Bonchev–Trinajstić information content (AvgIpc) is 3.22. The molecule has 2 heterocycles. The molecule has 4 rings (SSSR count). The molecule has 0 spiro atoms. The molecule has 0 saturated heterocycles. The summed E-state index contributed by atoms with van der Waals surface area (Å²) in [6.45, 7) is 2.18. The summed E-state index contributed by atoms with van der Waals surface area (Å²) >= 11 is 0. The Kier molecular flexibility index (Phi) is 8.77. The second kappa shape index (κ2) is 11.7. The monoisotopic (exact) mass is 568 g/mol. The number of nitrogens with one attached hydrogen (secondary N) is 2. The first-order chi connectivity index (χ1) is 18.4. The van der Waals surface area contributed by atoms with Gasteiger partial charge < -0.3 is 20.3 Å². The number of aromatic nitrogens is 1. The highest BCUT2D eigenvalue weighted by Gasteiger charge is 2.37. The smallest absolute Gasteiger partial charge is 0.390 e. The third-order valence-corrected chi connectivity index (χ3v) is 9.14. The van der Waals surface area contributed by atoms with Crippen LogP contribution in [0.2, 0.25) is 0 Å². The molecule has 1 aliphatic carbocycles. The Balaban J connectivity index is 1.56. The van der Waals surface area contributed by atoms with E-state index in [4.69, 9.17) is 0 Å². The van der Waals surface area contributed by atoms with Gasteiger partial charge in [0, 0.05) is 50.6 Å². The minimum Gasteiger partial charge on any atom is -0.390 e. The fraction of sp³-hybridized carbons (Fsp3) is 0.519. The van der Waals surface area contributed by atoms with E-state index in [0.717, 1.165) is 22.4 Å². The van der Waals surface area contributed by atoms with E-state index in [9.17, 15) is 31.5 Å². The van der Waals surface area contributed by atoms with Gasteiger partial charge in [0.05, 0.1) is 35.9 Å². The fourth-order valence-corrected chi connectivity index (χ4v) is 6.43. The number of rotatable bonds is 10. The molecular weight excluding hydrogens is 533 g/mol. The zero-order valence-electron chi connectivity index (χ0n) is 22.0. The normalized spacial score (nSPS) is 20.0. The van der Waals surface area contributed by atoms with E-state index < -0.39 is 40.7 Å². The number of amides is 1. The number of hydrogen-bond acceptors (Lipinski definition) is 5. The molecule has 39 heavy (non-hydrogen) atoms. The van der Waals surface area contributed by atoms with Crippen molar-refractivity contribution in [2.75, 3.05) is 25.9 Å². The number of hydrogen-bond donors (Lipinski definition) is 3. The molecule has 214 valence electrons. The molecule has 1 unspecified atom stereocenters. The molecular formula is C27H35F3N4O4S. The van der Waals surface area contributed by atoms with E-state index in [1.54, 1.807) is 6.08 Å². The van der Waals surface area contributed by atoms with Crippen LogP contribution < -0.4 is 10.6 Å². The lowest BCUT2D eigenvalue weighted by Gasteiger charge is -2.30. The number of nitrogens with zero attached hydrogens (tertiary/aromatic N) is 2. The number of alkyl halides is 3. The maximum atomic E-state index is 13.6. The van der Waals surface area contributed by atoms with Gasteiger partial charge in [0.2, 0.25) is 15.9 Å². The summed E-state index contributed by atoms with van der Waals surface area (Å²) < 4.78 is 66.5. The summed E-state index contributed by atoms with van der Waals surface area (Å²) in [5.41, 5.74) is 4.01. The highest BCUT2D eigenvalue weighted by molar-refractivity contribution is 7.89. The van der Waals surface area contributed by atoms with Gasteiger partial charge in [-0.1, -0.05) is 30.3 Å². The molecule has 2 aliphatic rings. The van der Waals surface area contributed by atoms with E-state index in [0.29, 0.717) is 25.1 Å². The summed E-state index contributed by atoms with van der Waals surface area (Å²) in [6.07, 6.45) is -1.82. The second-order valence-corrected chi connectivity index (χ2v) is 12.2. The first-order valence-electron chi connectivity index (χ1n) is 13.1. The van der Waals surface area contributed by atoms with Crippen LogP contribution in [0.4, 0.5) is 13.2 Å². The van der Waals surface area contributed by atoms with Crippen LogP contribution in [0.15, 0.2) is 42.6 Å². The van der Waals surface area contributed by atoms with Crippen molar-refractivity contribution in [3.8, 4) is 0 Å². The van der Waals surface area contributed by atoms with Crippen LogP contribution in [0, 0.1) is 5.92 Å². The Morgan fingerprint density at radius 1 is 1.23 bits per heavy atom. The van der Waals surface area contributed by atoms with E-state index >= 15 is 0 Å². The summed E-state index contributed by atoms with van der Waals surface area (Å²) in [5.74, 6) is -1.10. The zero-order valence-corrected chi connectivity index (χ0v) is 22.9. The van der Waals surface area contributed by atoms with Crippen molar-refractivity contribution in [1.82, 2.24) is 19.5 Å². The minimum atomic E-state index is -4.31. The minimum absolute atomic E-state index is 0.0233. The first-order valence-corrected chi connectivity index (χ1v) is 14.7. The summed E-state index contributed by atoms with van der Waals surface area (Å²) in [6, 6.07) is 8.41. The van der Waals surface area contributed by atoms with E-state index in [2.05, 4.69) is 10.6 Å². The molecule has 2 aromatic rings. The number of carbonyl (C=O) groups excluding carboxylic acids is 1. The Hall–Kier alpha value is -2.83. The van der Waals surface area contributed by atoms with Crippen LogP contribution in [0.1, 0.15) is 35.7 Å². The molecule has 8 nitrogen and oxygen atoms in total. The Bertz CT molecular complexity index is 1310. The highest BCUT2D eigenvalue weighted by atomic mass is 32.2. The lowest BCUT2D eigenvalue weighted by molar-refractivity contribution is -0.133. The molecule has 12 heteroatoms. The Morgan fingerprint density at radius 3 is 2.62 bits per heavy atom. The number of aryl methyl sites for hydroxylation is 2. The SMILES string of the molecule is CCn1cc2c3c1CC(C(=O)N[C@@H](Cc1ccccc1)[C@H](O)CNCCC(F)(F)F)C=C3N(C)S(=O)(=O)CC2. The molecule has 1 aromatic carbocycles. The summed E-state index contributed by atoms with van der Waals surface area (Å²) in [4.78, 5) is 13.6. The third kappa shape index (κ3) is 6.85. The van der Waals surface area contributed by atoms with Gasteiger partial charge in [-0.25, -0.2) is 8.42 Å². The van der Waals surface area contributed by atoms with Crippen molar-refractivity contribution < 1.29 is 31.5 Å². The van der Waals surface area contributed by atoms with Crippen LogP contribution in [-0.4, -0.2) is 72.5 Å². The number of halogens is 3. The molecule has 0 bridgehead atoms. The van der Waals surface area contributed by atoms with Gasteiger partial charge in [0.1, 0.15) is 0 Å². The number of sulfonamides is 1. The van der Waals surface area contributed by atoms with Gasteiger partial charge >= 0.3 is 6.18 Å². The van der Waals surface area contributed by atoms with Gasteiger partial charge in [-0.15, -0.1) is 0 Å². The molecule has 1 aromatic heterocycles. The molecule has 3 N–H and O–H groups in total.